The summed E-state index contributed by atoms with van der Waals surface area (Å²) in [6.45, 7) is 7.77. The maximum absolute atomic E-state index is 5.76. The first kappa shape index (κ1) is 25.0. The van der Waals surface area contributed by atoms with Gasteiger partial charge in [-0.1, -0.05) is 83.2 Å². The van der Waals surface area contributed by atoms with Gasteiger partial charge >= 0.3 is 0 Å². The molecule has 0 spiro atoms. The fourth-order valence-corrected chi connectivity index (χ4v) is 4.05. The van der Waals surface area contributed by atoms with Gasteiger partial charge in [-0.2, -0.15) is 0 Å². The molecule has 0 saturated carbocycles. The molecule has 0 aromatic heterocycles. The summed E-state index contributed by atoms with van der Waals surface area (Å²) in [6, 6.07) is 0. The van der Waals surface area contributed by atoms with Crippen molar-refractivity contribution in [2.75, 3.05) is 19.9 Å². The third-order valence-electron chi connectivity index (χ3n) is 4.42. The van der Waals surface area contributed by atoms with Crippen molar-refractivity contribution in [1.82, 2.24) is 0 Å². The first-order chi connectivity index (χ1) is 12.1. The highest BCUT2D eigenvalue weighted by molar-refractivity contribution is 7.63. The van der Waals surface area contributed by atoms with Crippen molar-refractivity contribution in [1.29, 1.82) is 0 Å². The highest BCUT2D eigenvalue weighted by Crippen LogP contribution is 2.42. The maximum atomic E-state index is 5.76. The van der Waals surface area contributed by atoms with Crippen molar-refractivity contribution in [3.63, 3.8) is 0 Å². The Labute approximate surface area is 158 Å². The molecular weight excluding hydrogens is 327 g/mol. The van der Waals surface area contributed by atoms with E-state index in [9.17, 15) is 0 Å². The van der Waals surface area contributed by atoms with Crippen LogP contribution in [0.5, 0.6) is 0 Å². The van der Waals surface area contributed by atoms with Crippen molar-refractivity contribution in [3.05, 3.63) is 12.2 Å². The van der Waals surface area contributed by atoms with E-state index in [0.29, 0.717) is 6.61 Å². The van der Waals surface area contributed by atoms with Crippen molar-refractivity contribution in [2.24, 2.45) is 0 Å². The average Bonchev–Trinajstić information content (AvgIpc) is 2.57. The molecule has 0 aromatic carbocycles. The van der Waals surface area contributed by atoms with Gasteiger partial charge in [0, 0.05) is 6.66 Å². The van der Waals surface area contributed by atoms with E-state index in [1.165, 1.54) is 83.5 Å². The van der Waals surface area contributed by atoms with E-state index in [0.717, 1.165) is 13.0 Å². The van der Waals surface area contributed by atoms with Crippen LogP contribution in [0, 0.1) is 0 Å². The fraction of sp³-hybridized carbons (Fsp3) is 0.864. The molecule has 1 unspecified atom stereocenters. The Morgan fingerprint density at radius 2 is 1.16 bits per heavy atom. The summed E-state index contributed by atoms with van der Waals surface area (Å²) in [7, 11) is -1.79. The molecule has 25 heavy (non-hydrogen) atoms. The molecule has 0 aliphatic heterocycles. The van der Waals surface area contributed by atoms with Crippen LogP contribution in [0.1, 0.15) is 104 Å². The van der Waals surface area contributed by atoms with Gasteiger partial charge in [-0.3, -0.25) is 0 Å². The van der Waals surface area contributed by atoms with Gasteiger partial charge < -0.3 is 9.05 Å². The Morgan fingerprint density at radius 1 is 0.680 bits per heavy atom. The van der Waals surface area contributed by atoms with E-state index >= 15 is 0 Å². The topological polar surface area (TPSA) is 18.5 Å². The molecule has 0 saturated heterocycles. The molecule has 3 heteroatoms. The summed E-state index contributed by atoms with van der Waals surface area (Å²) in [5.74, 6) is 0. The third-order valence-corrected chi connectivity index (χ3v) is 5.96. The Bertz CT molecular complexity index is 339. The molecule has 0 aliphatic carbocycles. The lowest BCUT2D eigenvalue weighted by molar-refractivity contribution is 0.253. The second-order valence-electron chi connectivity index (χ2n) is 7.20. The number of hydrogen-bond acceptors (Lipinski definition) is 2. The van der Waals surface area contributed by atoms with Gasteiger partial charge in [-0.05, 0) is 39.0 Å². The maximum Gasteiger partial charge on any atom is 0.114 e. The number of hydrogen-bond donors (Lipinski definition) is 0. The number of unbranched alkanes of at least 4 members (excludes halogenated alkanes) is 12. The molecule has 0 aliphatic rings. The first-order valence-electron chi connectivity index (χ1n) is 10.8. The van der Waals surface area contributed by atoms with Crippen LogP contribution >= 0.6 is 7.34 Å². The second-order valence-corrected chi connectivity index (χ2v) is 9.75. The van der Waals surface area contributed by atoms with Crippen LogP contribution in [0.25, 0.3) is 0 Å². The van der Waals surface area contributed by atoms with Crippen LogP contribution in [0.15, 0.2) is 12.2 Å². The average molecular weight is 373 g/mol. The smallest absolute Gasteiger partial charge is 0.114 e. The molecule has 150 valence electrons. The molecule has 0 bridgehead atoms. The van der Waals surface area contributed by atoms with Gasteiger partial charge in [0.2, 0.25) is 0 Å². The lowest BCUT2D eigenvalue weighted by Crippen LogP contribution is -1.96. The highest BCUT2D eigenvalue weighted by Gasteiger charge is 2.06. The molecular formula is C22H45O2P. The normalized spacial score (nSPS) is 14.2. The summed E-state index contributed by atoms with van der Waals surface area (Å²) >= 11 is 0. The molecule has 2 nitrogen and oxygen atoms in total. The van der Waals surface area contributed by atoms with Crippen LogP contribution < -0.4 is 0 Å². The predicted octanol–water partition coefficient (Wildman–Crippen LogP) is 7.99. The molecule has 0 fully saturated rings. The summed E-state index contributed by atoms with van der Waals surface area (Å²) < 4.78 is 11.3. The van der Waals surface area contributed by atoms with Gasteiger partial charge in [-0.25, -0.2) is 0 Å². The van der Waals surface area contributed by atoms with Crippen LogP contribution in [0.2, 0.25) is 0 Å². The second kappa shape index (κ2) is 18.7. The Morgan fingerprint density at radius 3 is 1.68 bits per heavy atom. The standard InChI is InChI=1S/C22H45O2P/c1-5-7-8-9-10-11-12-13-14-15-16-17-18-19-20-21-22-24-25(3,4)23-6-2/h13-14H,3,5-12,15-22H2,1-2,4H3/b14-13-. The van der Waals surface area contributed by atoms with Crippen LogP contribution in [-0.2, 0) is 9.05 Å². The van der Waals surface area contributed by atoms with Crippen molar-refractivity contribution in [2.45, 2.75) is 104 Å². The van der Waals surface area contributed by atoms with Crippen LogP contribution in [0.3, 0.4) is 0 Å². The minimum Gasteiger partial charge on any atom is -0.338 e. The monoisotopic (exact) mass is 372 g/mol. The third kappa shape index (κ3) is 20.1. The molecule has 0 radical (unpaired) electrons. The summed E-state index contributed by atoms with van der Waals surface area (Å²) in [5.41, 5.74) is 0. The predicted molar refractivity (Wildman–Crippen MR) is 117 cm³/mol. The van der Waals surface area contributed by atoms with Gasteiger partial charge in [0.25, 0.3) is 0 Å². The molecule has 0 aromatic rings. The first-order valence-corrected chi connectivity index (χ1v) is 13.0. The van der Waals surface area contributed by atoms with Crippen molar-refractivity contribution >= 4 is 13.6 Å². The Kier molecular flexibility index (Phi) is 18.7. The van der Waals surface area contributed by atoms with E-state index in [1.807, 2.05) is 13.6 Å². The molecule has 0 heterocycles. The Hall–Kier alpha value is -0.0400. The zero-order valence-corrected chi connectivity index (χ0v) is 18.3. The van der Waals surface area contributed by atoms with E-state index in [1.54, 1.807) is 0 Å². The van der Waals surface area contributed by atoms with E-state index < -0.39 is 7.34 Å². The fourth-order valence-electron chi connectivity index (χ4n) is 2.92. The SMILES string of the molecule is C=P(C)(OCC)OCCCCCCCC/C=C\CCCCCCCC. The van der Waals surface area contributed by atoms with Gasteiger partial charge in [-0.15, -0.1) is 0 Å². The van der Waals surface area contributed by atoms with Crippen molar-refractivity contribution in [3.8, 4) is 0 Å². The van der Waals surface area contributed by atoms with Gasteiger partial charge in [0.15, 0.2) is 0 Å². The minimum absolute atomic E-state index is 0.696. The number of allylic oxidation sites excluding steroid dienone is 2. The van der Waals surface area contributed by atoms with Gasteiger partial charge in [0.05, 0.1) is 13.2 Å². The van der Waals surface area contributed by atoms with E-state index in [4.69, 9.17) is 9.05 Å². The molecule has 0 amide bonds. The van der Waals surface area contributed by atoms with E-state index in [2.05, 4.69) is 25.4 Å². The number of rotatable bonds is 19. The zero-order valence-electron chi connectivity index (χ0n) is 17.4. The summed E-state index contributed by atoms with van der Waals surface area (Å²) in [5, 5.41) is 0. The van der Waals surface area contributed by atoms with Gasteiger partial charge in [0.1, 0.15) is 7.34 Å². The largest absolute Gasteiger partial charge is 0.338 e. The van der Waals surface area contributed by atoms with Crippen molar-refractivity contribution < 1.29 is 9.05 Å². The summed E-state index contributed by atoms with van der Waals surface area (Å²) in [6.07, 6.45) is 27.5. The Balaban J connectivity index is 3.21. The molecule has 0 rings (SSSR count). The van der Waals surface area contributed by atoms with Crippen LogP contribution in [0.4, 0.5) is 0 Å². The lowest BCUT2D eigenvalue weighted by Gasteiger charge is -2.18. The minimum atomic E-state index is -1.79. The van der Waals surface area contributed by atoms with Crippen LogP contribution in [-0.4, -0.2) is 26.2 Å². The quantitative estimate of drug-likeness (QED) is 0.130. The molecule has 0 N–H and O–H groups in total. The molecule has 1 atom stereocenters. The van der Waals surface area contributed by atoms with E-state index in [-0.39, 0.29) is 0 Å². The lowest BCUT2D eigenvalue weighted by atomic mass is 10.1. The highest BCUT2D eigenvalue weighted by atomic mass is 31.2. The summed E-state index contributed by atoms with van der Waals surface area (Å²) in [4.78, 5) is 0. The zero-order chi connectivity index (χ0) is 18.6.